The zero-order valence-electron chi connectivity index (χ0n) is 8.56. The number of nitrogens with zero attached hydrogens (tertiary/aromatic N) is 2. The van der Waals surface area contributed by atoms with Crippen LogP contribution in [-0.4, -0.2) is 35.3 Å². The van der Waals surface area contributed by atoms with Gasteiger partial charge in [-0.3, -0.25) is 0 Å². The molecule has 0 unspecified atom stereocenters. The molecule has 0 bridgehead atoms. The van der Waals surface area contributed by atoms with Gasteiger partial charge >= 0.3 is 6.09 Å². The monoisotopic (exact) mass is 333 g/mol. The number of hydrogen-bond acceptors (Lipinski definition) is 3. The van der Waals surface area contributed by atoms with Crippen LogP contribution in [0.2, 0.25) is 0 Å². The Morgan fingerprint density at radius 1 is 1.62 bits per heavy atom. The number of carboxylic acid groups (broad SMARTS) is 1. The molecule has 1 aliphatic rings. The van der Waals surface area contributed by atoms with E-state index in [-0.39, 0.29) is 6.04 Å². The molecule has 0 aromatic carbocycles. The highest BCUT2D eigenvalue weighted by atomic mass is 127. The van der Waals surface area contributed by atoms with Gasteiger partial charge in [-0.15, -0.1) is 0 Å². The molecular weight excluding hydrogens is 321 g/mol. The van der Waals surface area contributed by atoms with E-state index in [1.807, 2.05) is 18.3 Å². The maximum atomic E-state index is 10.5. The van der Waals surface area contributed by atoms with Crippen LogP contribution in [0.25, 0.3) is 0 Å². The lowest BCUT2D eigenvalue weighted by Crippen LogP contribution is -2.36. The molecule has 16 heavy (non-hydrogen) atoms. The van der Waals surface area contributed by atoms with Gasteiger partial charge in [0, 0.05) is 22.9 Å². The third kappa shape index (κ3) is 2.75. The summed E-state index contributed by atoms with van der Waals surface area (Å²) in [6.07, 6.45) is 1.69. The minimum absolute atomic E-state index is 0.0126. The van der Waals surface area contributed by atoms with Gasteiger partial charge in [0.1, 0.15) is 5.82 Å². The zero-order chi connectivity index (χ0) is 11.5. The number of aromatic nitrogens is 1. The molecule has 1 atom stereocenters. The number of hydrogen-bond donors (Lipinski definition) is 2. The Hall–Kier alpha value is -1.05. The fourth-order valence-corrected chi connectivity index (χ4v) is 2.13. The summed E-state index contributed by atoms with van der Waals surface area (Å²) in [4.78, 5) is 16.9. The van der Waals surface area contributed by atoms with Crippen LogP contribution >= 0.6 is 22.6 Å². The van der Waals surface area contributed by atoms with Crippen molar-refractivity contribution in [3.05, 3.63) is 21.9 Å². The lowest BCUT2D eigenvalue weighted by molar-refractivity contribution is 0.191. The molecule has 1 aromatic rings. The Balaban J connectivity index is 1.98. The van der Waals surface area contributed by atoms with E-state index >= 15 is 0 Å². The van der Waals surface area contributed by atoms with Gasteiger partial charge < -0.3 is 15.3 Å². The summed E-state index contributed by atoms with van der Waals surface area (Å²) in [6, 6.07) is 3.98. The molecule has 1 aromatic heterocycles. The molecule has 0 aliphatic carbocycles. The van der Waals surface area contributed by atoms with Gasteiger partial charge in [-0.1, -0.05) is 0 Å². The highest BCUT2D eigenvalue weighted by Crippen LogP contribution is 2.18. The first kappa shape index (κ1) is 11.4. The lowest BCUT2D eigenvalue weighted by atomic mass is 10.3. The smallest absolute Gasteiger partial charge is 0.404 e. The lowest BCUT2D eigenvalue weighted by Gasteiger charge is -2.17. The minimum Gasteiger partial charge on any atom is -0.465 e. The molecule has 1 amide bonds. The quantitative estimate of drug-likeness (QED) is 0.806. The topological polar surface area (TPSA) is 65.5 Å². The average Bonchev–Trinajstić information content (AvgIpc) is 2.66. The molecule has 2 heterocycles. The van der Waals surface area contributed by atoms with Crippen molar-refractivity contribution in [2.75, 3.05) is 18.0 Å². The third-order valence-electron chi connectivity index (χ3n) is 2.55. The van der Waals surface area contributed by atoms with Gasteiger partial charge in [0.15, 0.2) is 0 Å². The van der Waals surface area contributed by atoms with E-state index in [2.05, 4.69) is 37.8 Å². The molecule has 1 saturated heterocycles. The molecule has 2 rings (SSSR count). The van der Waals surface area contributed by atoms with Crippen LogP contribution in [-0.2, 0) is 0 Å². The van der Waals surface area contributed by atoms with Crippen LogP contribution in [0.3, 0.4) is 0 Å². The van der Waals surface area contributed by atoms with E-state index in [9.17, 15) is 4.79 Å². The first-order valence-electron chi connectivity index (χ1n) is 5.01. The van der Waals surface area contributed by atoms with E-state index < -0.39 is 6.09 Å². The molecule has 1 fully saturated rings. The second-order valence-corrected chi connectivity index (χ2v) is 4.96. The summed E-state index contributed by atoms with van der Waals surface area (Å²) in [6.45, 7) is 1.54. The van der Waals surface area contributed by atoms with Crippen molar-refractivity contribution in [2.45, 2.75) is 12.5 Å². The summed E-state index contributed by atoms with van der Waals surface area (Å²) >= 11 is 2.21. The van der Waals surface area contributed by atoms with Crippen LogP contribution in [0.4, 0.5) is 10.6 Å². The van der Waals surface area contributed by atoms with Gasteiger partial charge in [0.25, 0.3) is 0 Å². The van der Waals surface area contributed by atoms with Gasteiger partial charge in [0.2, 0.25) is 0 Å². The second kappa shape index (κ2) is 4.86. The van der Waals surface area contributed by atoms with Crippen LogP contribution in [0, 0.1) is 3.57 Å². The molecule has 6 heteroatoms. The van der Waals surface area contributed by atoms with Crippen LogP contribution in [0.1, 0.15) is 6.42 Å². The van der Waals surface area contributed by atoms with Crippen molar-refractivity contribution < 1.29 is 9.90 Å². The van der Waals surface area contributed by atoms with Gasteiger partial charge in [-0.05, 0) is 41.1 Å². The summed E-state index contributed by atoms with van der Waals surface area (Å²) in [7, 11) is 0. The normalized spacial score (nSPS) is 19.8. The van der Waals surface area contributed by atoms with E-state index in [0.29, 0.717) is 6.54 Å². The third-order valence-corrected chi connectivity index (χ3v) is 3.19. The molecular formula is C10H12IN3O2. The molecule has 1 aliphatic heterocycles. The van der Waals surface area contributed by atoms with Crippen LogP contribution in [0.5, 0.6) is 0 Å². The molecule has 0 saturated carbocycles. The number of anilines is 1. The Labute approximate surface area is 107 Å². The minimum atomic E-state index is -0.956. The van der Waals surface area contributed by atoms with Gasteiger partial charge in [0.05, 0.1) is 6.04 Å². The Kier molecular flexibility index (Phi) is 3.47. The number of halogens is 1. The number of amides is 1. The average molecular weight is 333 g/mol. The van der Waals surface area contributed by atoms with E-state index in [1.165, 1.54) is 0 Å². The summed E-state index contributed by atoms with van der Waals surface area (Å²) in [5.74, 6) is 0.912. The Bertz CT molecular complexity index is 382. The Morgan fingerprint density at radius 2 is 2.44 bits per heavy atom. The highest BCUT2D eigenvalue weighted by Gasteiger charge is 2.24. The maximum Gasteiger partial charge on any atom is 0.404 e. The summed E-state index contributed by atoms with van der Waals surface area (Å²) in [5.41, 5.74) is 0. The number of nitrogens with one attached hydrogen (secondary N) is 1. The SMILES string of the molecule is O=C(O)N[C@H]1CCN(c2ccc(I)cn2)C1. The predicted octanol–water partition coefficient (Wildman–Crippen LogP) is 1.53. The van der Waals surface area contributed by atoms with Crippen LogP contribution < -0.4 is 10.2 Å². The van der Waals surface area contributed by atoms with Crippen molar-refractivity contribution in [3.63, 3.8) is 0 Å². The largest absolute Gasteiger partial charge is 0.465 e. The standard InChI is InChI=1S/C10H12IN3O2/c11-7-1-2-9(12-5-7)14-4-3-8(6-14)13-10(15)16/h1-2,5,8,13H,3-4,6H2,(H,15,16)/t8-/m0/s1. The van der Waals surface area contributed by atoms with Crippen molar-refractivity contribution in [1.82, 2.24) is 10.3 Å². The summed E-state index contributed by atoms with van der Waals surface area (Å²) < 4.78 is 1.10. The molecule has 2 N–H and O–H groups in total. The Morgan fingerprint density at radius 3 is 3.06 bits per heavy atom. The second-order valence-electron chi connectivity index (χ2n) is 3.72. The van der Waals surface area contributed by atoms with E-state index in [4.69, 9.17) is 5.11 Å². The van der Waals surface area contributed by atoms with Gasteiger partial charge in [-0.2, -0.15) is 0 Å². The molecule has 5 nitrogen and oxygen atoms in total. The van der Waals surface area contributed by atoms with Crippen molar-refractivity contribution >= 4 is 34.5 Å². The first-order valence-corrected chi connectivity index (χ1v) is 6.09. The fraction of sp³-hybridized carbons (Fsp3) is 0.400. The van der Waals surface area contributed by atoms with Crippen molar-refractivity contribution in [2.24, 2.45) is 0 Å². The number of carbonyl (C=O) groups is 1. The van der Waals surface area contributed by atoms with E-state index in [0.717, 1.165) is 22.4 Å². The van der Waals surface area contributed by atoms with Gasteiger partial charge in [-0.25, -0.2) is 9.78 Å². The van der Waals surface area contributed by atoms with Crippen molar-refractivity contribution in [3.8, 4) is 0 Å². The predicted molar refractivity (Wildman–Crippen MR) is 68.7 cm³/mol. The zero-order valence-corrected chi connectivity index (χ0v) is 10.7. The number of pyridine rings is 1. The first-order chi connectivity index (χ1) is 7.65. The molecule has 0 spiro atoms. The summed E-state index contributed by atoms with van der Waals surface area (Å²) in [5, 5.41) is 11.1. The molecule has 0 radical (unpaired) electrons. The van der Waals surface area contributed by atoms with E-state index in [1.54, 1.807) is 0 Å². The molecule has 86 valence electrons. The van der Waals surface area contributed by atoms with Crippen molar-refractivity contribution in [1.29, 1.82) is 0 Å². The maximum absolute atomic E-state index is 10.5. The van der Waals surface area contributed by atoms with Crippen LogP contribution in [0.15, 0.2) is 18.3 Å². The highest BCUT2D eigenvalue weighted by molar-refractivity contribution is 14.1. The fourth-order valence-electron chi connectivity index (χ4n) is 1.82. The number of rotatable bonds is 2.